The van der Waals surface area contributed by atoms with Crippen LogP contribution in [0.4, 0.5) is 0 Å². The van der Waals surface area contributed by atoms with Crippen LogP contribution < -0.4 is 9.47 Å². The number of rotatable bonds is 2. The molecular weight excluding hydrogens is 602 g/mol. The van der Waals surface area contributed by atoms with Crippen LogP contribution in [0.1, 0.15) is 31.9 Å². The first-order valence-corrected chi connectivity index (χ1v) is 12.3. The van der Waals surface area contributed by atoms with Gasteiger partial charge in [0.2, 0.25) is 0 Å². The maximum atomic E-state index is 8.92. The van der Waals surface area contributed by atoms with E-state index in [1.165, 1.54) is 5.56 Å². The van der Waals surface area contributed by atoms with Gasteiger partial charge < -0.3 is 14.6 Å². The van der Waals surface area contributed by atoms with Crippen molar-refractivity contribution in [1.29, 1.82) is 0 Å². The molecule has 2 atom stereocenters. The van der Waals surface area contributed by atoms with E-state index in [1.807, 2.05) is 12.1 Å². The molecular formula is C21H24Br2Cl4O3. The van der Waals surface area contributed by atoms with Crippen LogP contribution in [0.3, 0.4) is 0 Å². The number of ether oxygens (including phenoxy) is 2. The lowest BCUT2D eigenvalue weighted by atomic mass is 10.1. The zero-order valence-corrected chi connectivity index (χ0v) is 21.7. The molecule has 3 nitrogen and oxygen atoms in total. The topological polar surface area (TPSA) is 38.7 Å². The highest BCUT2D eigenvalue weighted by Gasteiger charge is 2.25. The molecule has 0 fully saturated rings. The molecule has 1 N–H and O–H groups in total. The molecule has 2 unspecified atom stereocenters. The van der Waals surface area contributed by atoms with Gasteiger partial charge in [0.05, 0.1) is 22.0 Å². The Labute approximate surface area is 215 Å². The Morgan fingerprint density at radius 3 is 1.70 bits per heavy atom. The molecule has 2 aliphatic heterocycles. The zero-order chi connectivity index (χ0) is 21.6. The number of hydrogen-bond acceptors (Lipinski definition) is 3. The predicted octanol–water partition coefficient (Wildman–Crippen LogP) is 8.27. The third-order valence-corrected chi connectivity index (χ3v) is 5.77. The quantitative estimate of drug-likeness (QED) is 0.342. The lowest BCUT2D eigenvalue weighted by Gasteiger charge is -2.07. The average Bonchev–Trinajstić information content (AvgIpc) is 3.26. The van der Waals surface area contributed by atoms with E-state index >= 15 is 0 Å². The van der Waals surface area contributed by atoms with E-state index in [0.29, 0.717) is 21.9 Å². The van der Waals surface area contributed by atoms with Crippen LogP contribution in [0, 0.1) is 0 Å². The molecule has 0 bridgehead atoms. The maximum absolute atomic E-state index is 8.92. The van der Waals surface area contributed by atoms with Crippen molar-refractivity contribution < 1.29 is 14.6 Å². The lowest BCUT2D eigenvalue weighted by molar-refractivity contribution is 0.134. The molecule has 2 aliphatic rings. The fourth-order valence-corrected chi connectivity index (χ4v) is 4.87. The molecule has 0 saturated heterocycles. The number of aliphatic hydroxyl groups is 1. The summed E-state index contributed by atoms with van der Waals surface area (Å²) in [5, 5.41) is 10.4. The van der Waals surface area contributed by atoms with Gasteiger partial charge in [0.15, 0.2) is 0 Å². The average molecular weight is 626 g/mol. The van der Waals surface area contributed by atoms with Crippen molar-refractivity contribution in [2.45, 2.75) is 45.8 Å². The Kier molecular flexibility index (Phi) is 12.8. The van der Waals surface area contributed by atoms with Crippen LogP contribution in [0.5, 0.6) is 11.5 Å². The SMILES string of the molecule is C.CCC1Cc2cc(Br)cc(Cl)c2O1.ClCCl.OCC1Cc2cc(Br)cc(Cl)c2O1. The van der Waals surface area contributed by atoms with Crippen LogP contribution in [0.25, 0.3) is 0 Å². The van der Waals surface area contributed by atoms with Gasteiger partial charge in [-0.3, -0.25) is 0 Å². The van der Waals surface area contributed by atoms with Crippen molar-refractivity contribution in [3.63, 3.8) is 0 Å². The number of fused-ring (bicyclic) bond motifs is 2. The van der Waals surface area contributed by atoms with Gasteiger partial charge >= 0.3 is 0 Å². The molecule has 0 spiro atoms. The van der Waals surface area contributed by atoms with E-state index < -0.39 is 0 Å². The molecule has 9 heteroatoms. The van der Waals surface area contributed by atoms with Crippen LogP contribution in [-0.2, 0) is 12.8 Å². The van der Waals surface area contributed by atoms with E-state index in [9.17, 15) is 0 Å². The minimum absolute atomic E-state index is 0. The summed E-state index contributed by atoms with van der Waals surface area (Å²) >= 11 is 28.3. The summed E-state index contributed by atoms with van der Waals surface area (Å²) in [6.45, 7) is 2.15. The van der Waals surface area contributed by atoms with E-state index in [0.717, 1.165) is 39.5 Å². The van der Waals surface area contributed by atoms with E-state index in [-0.39, 0.29) is 25.5 Å². The Morgan fingerprint density at radius 1 is 0.900 bits per heavy atom. The van der Waals surface area contributed by atoms with Crippen LogP contribution in [0.2, 0.25) is 10.0 Å². The van der Waals surface area contributed by atoms with Gasteiger partial charge in [-0.05, 0) is 30.7 Å². The number of aliphatic hydroxyl groups excluding tert-OH is 1. The molecule has 168 valence electrons. The molecule has 0 aliphatic carbocycles. The van der Waals surface area contributed by atoms with E-state index in [4.69, 9.17) is 61.0 Å². The zero-order valence-electron chi connectivity index (χ0n) is 15.5. The summed E-state index contributed by atoms with van der Waals surface area (Å²) in [6, 6.07) is 7.71. The van der Waals surface area contributed by atoms with Crippen LogP contribution in [0.15, 0.2) is 33.2 Å². The highest BCUT2D eigenvalue weighted by Crippen LogP contribution is 2.39. The molecule has 2 aromatic rings. The highest BCUT2D eigenvalue weighted by molar-refractivity contribution is 9.10. The van der Waals surface area contributed by atoms with Crippen molar-refractivity contribution in [3.8, 4) is 11.5 Å². The Balaban J connectivity index is 0.000000258. The second-order valence-electron chi connectivity index (χ2n) is 6.33. The van der Waals surface area contributed by atoms with Crippen molar-refractivity contribution in [2.24, 2.45) is 0 Å². The molecule has 0 saturated carbocycles. The standard InChI is InChI=1S/C10H10BrClO.C9H8BrClO2.CH2Cl2.CH4/c1-2-8-4-6-3-7(11)5-9(12)10(6)13-8;10-6-1-5-2-7(4-12)13-9(5)8(11)3-6;2-1-3;/h3,5,8H,2,4H2,1H3;1,3,7,12H,2,4H2;1H2;1H4. The van der Waals surface area contributed by atoms with Gasteiger partial charge in [-0.2, -0.15) is 0 Å². The van der Waals surface area contributed by atoms with E-state index in [1.54, 1.807) is 6.07 Å². The van der Waals surface area contributed by atoms with Gasteiger partial charge in [0, 0.05) is 32.9 Å². The van der Waals surface area contributed by atoms with Crippen LogP contribution in [-0.4, -0.2) is 29.3 Å². The minimum Gasteiger partial charge on any atom is -0.488 e. The molecule has 2 heterocycles. The summed E-state index contributed by atoms with van der Waals surface area (Å²) in [5.74, 6) is 1.58. The largest absolute Gasteiger partial charge is 0.488 e. The van der Waals surface area contributed by atoms with Gasteiger partial charge in [-0.1, -0.05) is 69.4 Å². The summed E-state index contributed by atoms with van der Waals surface area (Å²) in [4.78, 5) is 0. The first-order chi connectivity index (χ1) is 13.8. The van der Waals surface area contributed by atoms with Crippen molar-refractivity contribution in [1.82, 2.24) is 0 Å². The maximum Gasteiger partial charge on any atom is 0.141 e. The molecule has 2 aromatic carbocycles. The summed E-state index contributed by atoms with van der Waals surface area (Å²) in [5.41, 5.74) is 2.27. The van der Waals surface area contributed by atoms with E-state index in [2.05, 4.69) is 44.8 Å². The Hall–Kier alpha value is 0.120. The van der Waals surface area contributed by atoms with Gasteiger partial charge in [0.25, 0.3) is 0 Å². The second-order valence-corrected chi connectivity index (χ2v) is 9.79. The van der Waals surface area contributed by atoms with Gasteiger partial charge in [-0.25, -0.2) is 0 Å². The normalized spacial score (nSPS) is 17.7. The first kappa shape index (κ1) is 28.2. The van der Waals surface area contributed by atoms with Crippen LogP contribution >= 0.6 is 78.3 Å². The van der Waals surface area contributed by atoms with Gasteiger partial charge in [-0.15, -0.1) is 23.2 Å². The molecule has 0 radical (unpaired) electrons. The number of halogens is 6. The summed E-state index contributed by atoms with van der Waals surface area (Å²) in [6.07, 6.45) is 2.90. The fourth-order valence-electron chi connectivity index (χ4n) is 3.03. The Bertz CT molecular complexity index is 769. The fraction of sp³-hybridized carbons (Fsp3) is 0.429. The smallest absolute Gasteiger partial charge is 0.141 e. The first-order valence-electron chi connectivity index (χ1n) is 8.84. The lowest BCUT2D eigenvalue weighted by Crippen LogP contribution is -2.17. The highest BCUT2D eigenvalue weighted by atomic mass is 79.9. The van der Waals surface area contributed by atoms with Gasteiger partial charge in [0.1, 0.15) is 23.7 Å². The third kappa shape index (κ3) is 7.61. The Morgan fingerprint density at radius 2 is 1.30 bits per heavy atom. The molecule has 30 heavy (non-hydrogen) atoms. The summed E-state index contributed by atoms with van der Waals surface area (Å²) in [7, 11) is 0. The number of benzene rings is 2. The monoisotopic (exact) mass is 622 g/mol. The molecule has 4 rings (SSSR count). The number of alkyl halides is 2. The second kappa shape index (κ2) is 13.6. The summed E-state index contributed by atoms with van der Waals surface area (Å²) < 4.78 is 13.1. The molecule has 0 amide bonds. The third-order valence-electron chi connectivity index (χ3n) is 4.29. The van der Waals surface area contributed by atoms with Crippen molar-refractivity contribution in [3.05, 3.63) is 54.4 Å². The number of hydrogen-bond donors (Lipinski definition) is 1. The van der Waals surface area contributed by atoms with Crippen molar-refractivity contribution in [2.75, 3.05) is 11.9 Å². The molecule has 0 aromatic heterocycles. The minimum atomic E-state index is -0.137. The van der Waals surface area contributed by atoms with Crippen molar-refractivity contribution >= 4 is 78.3 Å². The predicted molar refractivity (Wildman–Crippen MR) is 135 cm³/mol.